The zero-order chi connectivity index (χ0) is 17.8. The molecule has 0 fully saturated rings. The van der Waals surface area contributed by atoms with Crippen molar-refractivity contribution in [2.45, 2.75) is 0 Å². The molecule has 0 unspecified atom stereocenters. The Hall–Kier alpha value is -3.39. The van der Waals surface area contributed by atoms with Crippen LogP contribution in [-0.4, -0.2) is 20.8 Å². The minimum Gasteiger partial charge on any atom is -0.330 e. The molecule has 8 heteroatoms. The number of nitro groups is 1. The molecule has 0 spiro atoms. The van der Waals surface area contributed by atoms with Gasteiger partial charge in [0.1, 0.15) is 0 Å². The minimum absolute atomic E-state index is 0.00712. The van der Waals surface area contributed by atoms with Gasteiger partial charge in [0.2, 0.25) is 4.77 Å². The molecular weight excluding hydrogens is 340 g/mol. The highest BCUT2D eigenvalue weighted by Gasteiger charge is 2.08. The second-order valence-corrected chi connectivity index (χ2v) is 5.42. The van der Waals surface area contributed by atoms with Gasteiger partial charge >= 0.3 is 0 Å². The SMILES string of the molecule is O=c1c2ccccc2[nH]c(=S)n1/N=C\C=C\c1ccccc1[N+](=O)[O-]. The van der Waals surface area contributed by atoms with Gasteiger partial charge in [-0.3, -0.25) is 14.9 Å². The summed E-state index contributed by atoms with van der Waals surface area (Å²) >= 11 is 5.15. The Kier molecular flexibility index (Phi) is 4.62. The van der Waals surface area contributed by atoms with Gasteiger partial charge in [-0.15, -0.1) is 0 Å². The number of aromatic amines is 1. The highest BCUT2D eigenvalue weighted by Crippen LogP contribution is 2.18. The molecular formula is C17H12N4O3S. The molecule has 25 heavy (non-hydrogen) atoms. The summed E-state index contributed by atoms with van der Waals surface area (Å²) in [5, 5.41) is 15.5. The number of nitro benzene ring substituents is 1. The quantitative estimate of drug-likeness (QED) is 0.336. The van der Waals surface area contributed by atoms with Gasteiger partial charge in [-0.1, -0.05) is 24.3 Å². The Balaban J connectivity index is 1.94. The number of hydrogen-bond acceptors (Lipinski definition) is 5. The summed E-state index contributed by atoms with van der Waals surface area (Å²) in [6.45, 7) is 0. The predicted molar refractivity (Wildman–Crippen MR) is 99.4 cm³/mol. The third-order valence-corrected chi connectivity index (χ3v) is 3.74. The molecule has 1 heterocycles. The number of benzene rings is 2. The number of H-pyrrole nitrogens is 1. The van der Waals surface area contributed by atoms with Crippen molar-refractivity contribution in [3.8, 4) is 0 Å². The van der Waals surface area contributed by atoms with E-state index in [0.717, 1.165) is 4.68 Å². The van der Waals surface area contributed by atoms with E-state index in [1.54, 1.807) is 48.5 Å². The van der Waals surface area contributed by atoms with E-state index in [1.165, 1.54) is 18.4 Å². The smallest absolute Gasteiger partial charge is 0.282 e. The molecule has 3 aromatic rings. The van der Waals surface area contributed by atoms with E-state index >= 15 is 0 Å². The number of aromatic nitrogens is 2. The zero-order valence-corrected chi connectivity index (χ0v) is 13.6. The van der Waals surface area contributed by atoms with Crippen LogP contribution in [0.2, 0.25) is 0 Å². The molecule has 0 atom stereocenters. The second-order valence-electron chi connectivity index (χ2n) is 5.03. The van der Waals surface area contributed by atoms with E-state index < -0.39 is 4.92 Å². The third-order valence-electron chi connectivity index (χ3n) is 3.46. The first-order valence-electron chi connectivity index (χ1n) is 7.26. The monoisotopic (exact) mass is 352 g/mol. The van der Waals surface area contributed by atoms with Crippen LogP contribution in [0, 0.1) is 14.9 Å². The number of para-hydroxylation sites is 2. The molecule has 0 aliphatic rings. The Labute approximate surface area is 146 Å². The highest BCUT2D eigenvalue weighted by atomic mass is 32.1. The van der Waals surface area contributed by atoms with Gasteiger partial charge in [0, 0.05) is 12.3 Å². The summed E-state index contributed by atoms with van der Waals surface area (Å²) in [5.74, 6) is 0. The van der Waals surface area contributed by atoms with Crippen molar-refractivity contribution < 1.29 is 4.92 Å². The fourth-order valence-corrected chi connectivity index (χ4v) is 2.54. The van der Waals surface area contributed by atoms with Gasteiger partial charge in [0.25, 0.3) is 11.2 Å². The van der Waals surface area contributed by atoms with Crippen molar-refractivity contribution in [3.05, 3.63) is 85.4 Å². The lowest BCUT2D eigenvalue weighted by Gasteiger charge is -2.01. The molecule has 3 rings (SSSR count). The van der Waals surface area contributed by atoms with E-state index in [9.17, 15) is 14.9 Å². The average Bonchev–Trinajstić information content (AvgIpc) is 2.61. The zero-order valence-electron chi connectivity index (χ0n) is 12.8. The molecule has 1 aromatic heterocycles. The average molecular weight is 352 g/mol. The van der Waals surface area contributed by atoms with Crippen LogP contribution in [0.15, 0.2) is 64.5 Å². The Morgan fingerprint density at radius 2 is 1.88 bits per heavy atom. The van der Waals surface area contributed by atoms with Crippen LogP contribution in [0.4, 0.5) is 5.69 Å². The van der Waals surface area contributed by atoms with Crippen LogP contribution >= 0.6 is 12.2 Å². The molecule has 0 bridgehead atoms. The van der Waals surface area contributed by atoms with Crippen molar-refractivity contribution in [1.82, 2.24) is 9.66 Å². The van der Waals surface area contributed by atoms with Gasteiger partial charge in [0.15, 0.2) is 0 Å². The number of hydrogen-bond donors (Lipinski definition) is 1. The summed E-state index contributed by atoms with van der Waals surface area (Å²) < 4.78 is 1.24. The minimum atomic E-state index is -0.457. The summed E-state index contributed by atoms with van der Waals surface area (Å²) in [6.07, 6.45) is 4.41. The van der Waals surface area contributed by atoms with E-state index in [-0.39, 0.29) is 16.0 Å². The van der Waals surface area contributed by atoms with Crippen LogP contribution < -0.4 is 5.56 Å². The molecule has 1 N–H and O–H groups in total. The normalized spacial score (nSPS) is 11.5. The van der Waals surface area contributed by atoms with Crippen LogP contribution in [-0.2, 0) is 0 Å². The number of fused-ring (bicyclic) bond motifs is 1. The van der Waals surface area contributed by atoms with Crippen molar-refractivity contribution in [3.63, 3.8) is 0 Å². The van der Waals surface area contributed by atoms with Crippen molar-refractivity contribution in [2.24, 2.45) is 5.10 Å². The summed E-state index contributed by atoms with van der Waals surface area (Å²) in [4.78, 5) is 25.8. The largest absolute Gasteiger partial charge is 0.330 e. The first-order chi connectivity index (χ1) is 12.1. The van der Waals surface area contributed by atoms with Crippen molar-refractivity contribution in [2.75, 3.05) is 0 Å². The van der Waals surface area contributed by atoms with Crippen molar-refractivity contribution >= 4 is 41.1 Å². The Bertz CT molecular complexity index is 1130. The van der Waals surface area contributed by atoms with Gasteiger partial charge < -0.3 is 4.98 Å². The lowest BCUT2D eigenvalue weighted by Crippen LogP contribution is -2.18. The van der Waals surface area contributed by atoms with E-state index in [1.807, 2.05) is 0 Å². The maximum atomic E-state index is 12.4. The van der Waals surface area contributed by atoms with Gasteiger partial charge in [-0.25, -0.2) is 0 Å². The number of nitrogens with one attached hydrogen (secondary N) is 1. The molecule has 0 saturated carbocycles. The first kappa shape index (κ1) is 16.5. The van der Waals surface area contributed by atoms with Gasteiger partial charge in [0.05, 0.1) is 21.4 Å². The lowest BCUT2D eigenvalue weighted by molar-refractivity contribution is -0.385. The van der Waals surface area contributed by atoms with Crippen LogP contribution in [0.25, 0.3) is 17.0 Å². The first-order valence-corrected chi connectivity index (χ1v) is 7.67. The van der Waals surface area contributed by atoms with E-state index in [0.29, 0.717) is 16.5 Å². The lowest BCUT2D eigenvalue weighted by atomic mass is 10.2. The molecule has 2 aromatic carbocycles. The highest BCUT2D eigenvalue weighted by molar-refractivity contribution is 7.71. The Morgan fingerprint density at radius 3 is 2.68 bits per heavy atom. The topological polar surface area (TPSA) is 93.3 Å². The van der Waals surface area contributed by atoms with Crippen LogP contribution in [0.1, 0.15) is 5.56 Å². The molecule has 0 aliphatic heterocycles. The summed E-state index contributed by atoms with van der Waals surface area (Å²) in [5.41, 5.74) is 0.733. The van der Waals surface area contributed by atoms with Crippen LogP contribution in [0.3, 0.4) is 0 Å². The number of allylic oxidation sites excluding steroid dienone is 1. The predicted octanol–water partition coefficient (Wildman–Crippen LogP) is 3.51. The van der Waals surface area contributed by atoms with Gasteiger partial charge in [-0.05, 0) is 42.6 Å². The van der Waals surface area contributed by atoms with E-state index in [2.05, 4.69) is 10.1 Å². The van der Waals surface area contributed by atoms with Gasteiger partial charge in [-0.2, -0.15) is 9.78 Å². The van der Waals surface area contributed by atoms with Crippen LogP contribution in [0.5, 0.6) is 0 Å². The molecule has 0 amide bonds. The number of rotatable bonds is 4. The third kappa shape index (κ3) is 3.43. The standard InChI is InChI=1S/C17H12N4O3S/c22-16-13-8-2-3-9-14(13)19-17(25)20(16)18-11-5-7-12-6-1-4-10-15(12)21(23)24/h1-11H,(H,19,25)/b7-5+,18-11-. The Morgan fingerprint density at radius 1 is 1.16 bits per heavy atom. The fourth-order valence-electron chi connectivity index (χ4n) is 2.30. The van der Waals surface area contributed by atoms with E-state index in [4.69, 9.17) is 12.2 Å². The molecule has 124 valence electrons. The maximum Gasteiger partial charge on any atom is 0.282 e. The summed E-state index contributed by atoms with van der Waals surface area (Å²) in [7, 11) is 0. The molecule has 0 saturated heterocycles. The molecule has 7 nitrogen and oxygen atoms in total. The van der Waals surface area contributed by atoms with Crippen molar-refractivity contribution in [1.29, 1.82) is 0 Å². The molecule has 0 aliphatic carbocycles. The second kappa shape index (κ2) is 7.02. The maximum absolute atomic E-state index is 12.4. The summed E-state index contributed by atoms with van der Waals surface area (Å²) in [6, 6.07) is 13.3. The molecule has 0 radical (unpaired) electrons. The fraction of sp³-hybridized carbons (Fsp3) is 0. The number of nitrogens with zero attached hydrogens (tertiary/aromatic N) is 3.